The number of likely N-dealkylation sites (N-methyl/N-ethyl adjacent to an activating group) is 1. The summed E-state index contributed by atoms with van der Waals surface area (Å²) in [5, 5.41) is 40.6. The van der Waals surface area contributed by atoms with Crippen LogP contribution in [0.2, 0.25) is 0 Å². The fourth-order valence-electron chi connectivity index (χ4n) is 8.68. The third-order valence-electron chi connectivity index (χ3n) is 12.1. The van der Waals surface area contributed by atoms with E-state index in [1.165, 1.54) is 14.0 Å². The highest BCUT2D eigenvalue weighted by Crippen LogP contribution is 2.40. The summed E-state index contributed by atoms with van der Waals surface area (Å²) in [4.78, 5) is 40.2. The minimum Gasteiger partial charge on any atom is -0.399 e. The molecule has 12 heteroatoms. The minimum absolute atomic E-state index is 0.109. The van der Waals surface area contributed by atoms with Gasteiger partial charge in [0, 0.05) is 41.8 Å². The molecule has 2 heterocycles. The fraction of sp³-hybridized carbons (Fsp3) is 0.674. The molecule has 1 saturated heterocycles. The summed E-state index contributed by atoms with van der Waals surface area (Å²) in [6.45, 7) is 14.3. The van der Waals surface area contributed by atoms with Crippen LogP contribution in [0, 0.1) is 29.6 Å². The van der Waals surface area contributed by atoms with Crippen LogP contribution in [0.15, 0.2) is 47.8 Å². The third-order valence-corrected chi connectivity index (χ3v) is 12.1. The normalized spacial score (nSPS) is 38.2. The van der Waals surface area contributed by atoms with Crippen molar-refractivity contribution in [3.05, 3.63) is 48.2 Å². The number of fused-ring (bicyclic) bond motifs is 1. The predicted molar refractivity (Wildman–Crippen MR) is 213 cm³/mol. The number of pyridine rings is 1. The number of Topliss-reactive ketones (excluding diaryl/α,β-unsaturated/α-hetero) is 2. The van der Waals surface area contributed by atoms with E-state index in [4.69, 9.17) is 19.0 Å². The first-order chi connectivity index (χ1) is 25.9. The van der Waals surface area contributed by atoms with Crippen molar-refractivity contribution in [2.45, 2.75) is 129 Å². The van der Waals surface area contributed by atoms with Gasteiger partial charge in [-0.05, 0) is 78.2 Å². The molecule has 1 aliphatic heterocycles. The van der Waals surface area contributed by atoms with E-state index in [0.29, 0.717) is 18.6 Å². The van der Waals surface area contributed by atoms with Gasteiger partial charge in [-0.1, -0.05) is 69.6 Å². The molecule has 0 bridgehead atoms. The van der Waals surface area contributed by atoms with Crippen molar-refractivity contribution < 1.29 is 44.0 Å². The van der Waals surface area contributed by atoms with Gasteiger partial charge in [-0.3, -0.25) is 14.6 Å². The highest BCUT2D eigenvalue weighted by molar-refractivity contribution is 6.03. The summed E-state index contributed by atoms with van der Waals surface area (Å²) in [6, 6.07) is 9.63. The molecule has 55 heavy (non-hydrogen) atoms. The highest BCUT2D eigenvalue weighted by atomic mass is 16.7. The number of aliphatic hydroxyl groups is 3. The van der Waals surface area contributed by atoms with Gasteiger partial charge in [-0.25, -0.2) is 0 Å². The van der Waals surface area contributed by atoms with Gasteiger partial charge in [0.05, 0.1) is 53.3 Å². The quantitative estimate of drug-likeness (QED) is 0.220. The van der Waals surface area contributed by atoms with Gasteiger partial charge in [0.2, 0.25) is 0 Å². The number of carbonyl (C=O) groups excluding carboxylic acids is 2. The SMILES string of the molecule is CC[C@@H]1CC(=O)[C@H](C)C(=O)[C@H](C)[C@@H](O[C@@H]2O[C@H](C)C[C@H](N(C)C)[C@H]2O)[C@@](C)(OC/C=C/c2cnc3ccccc3c2)C[C@@H](C)/C(=N\OC)[C@@H](C)[C@@H](O)[C@]1(C)O. The van der Waals surface area contributed by atoms with Crippen LogP contribution in [0.25, 0.3) is 17.0 Å². The number of aliphatic hydroxyl groups excluding tert-OH is 2. The molecule has 1 aliphatic carbocycles. The lowest BCUT2D eigenvalue weighted by molar-refractivity contribution is -0.296. The number of carbonyl (C=O) groups is 2. The number of aromatic nitrogens is 1. The number of rotatable bonds is 9. The zero-order chi connectivity index (χ0) is 40.8. The summed E-state index contributed by atoms with van der Waals surface area (Å²) >= 11 is 0. The summed E-state index contributed by atoms with van der Waals surface area (Å²) in [6.07, 6.45) is 1.93. The molecule has 0 spiro atoms. The van der Waals surface area contributed by atoms with Gasteiger partial charge in [0.25, 0.3) is 0 Å². The monoisotopic (exact) mass is 767 g/mol. The smallest absolute Gasteiger partial charge is 0.185 e. The van der Waals surface area contributed by atoms with Crippen LogP contribution in [0.5, 0.6) is 0 Å². The maximum atomic E-state index is 14.5. The molecule has 4 rings (SSSR count). The Morgan fingerprint density at radius 2 is 1.76 bits per heavy atom. The van der Waals surface area contributed by atoms with Crippen LogP contribution in [0.3, 0.4) is 0 Å². The van der Waals surface area contributed by atoms with Crippen molar-refractivity contribution in [1.29, 1.82) is 0 Å². The van der Waals surface area contributed by atoms with Crippen LogP contribution in [-0.4, -0.2) is 118 Å². The molecule has 0 amide bonds. The van der Waals surface area contributed by atoms with Crippen LogP contribution < -0.4 is 0 Å². The van der Waals surface area contributed by atoms with E-state index in [2.05, 4.69) is 10.1 Å². The van der Waals surface area contributed by atoms with Gasteiger partial charge < -0.3 is 39.3 Å². The Morgan fingerprint density at radius 1 is 1.07 bits per heavy atom. The lowest BCUT2D eigenvalue weighted by Gasteiger charge is -2.47. The highest BCUT2D eigenvalue weighted by Gasteiger charge is 2.51. The Bertz CT molecular complexity index is 1660. The number of nitrogens with zero attached hydrogens (tertiary/aromatic N) is 3. The molecule has 1 aromatic heterocycles. The van der Waals surface area contributed by atoms with Gasteiger partial charge in [-0.15, -0.1) is 0 Å². The van der Waals surface area contributed by atoms with Crippen LogP contribution in [0.1, 0.15) is 86.6 Å². The van der Waals surface area contributed by atoms with E-state index < -0.39 is 65.4 Å². The number of benzene rings is 1. The van der Waals surface area contributed by atoms with Crippen molar-refractivity contribution in [3.63, 3.8) is 0 Å². The minimum atomic E-state index is -1.68. The molecular weight excluding hydrogens is 702 g/mol. The summed E-state index contributed by atoms with van der Waals surface area (Å²) in [5.41, 5.74) is -0.701. The zero-order valence-electron chi connectivity index (χ0n) is 34.6. The molecular formula is C43H65N3O9. The predicted octanol–water partition coefficient (Wildman–Crippen LogP) is 5.45. The molecule has 3 N–H and O–H groups in total. The lowest BCUT2D eigenvalue weighted by Crippen LogP contribution is -2.59. The molecule has 13 atom stereocenters. The molecule has 1 aromatic carbocycles. The van der Waals surface area contributed by atoms with E-state index in [9.17, 15) is 24.9 Å². The third kappa shape index (κ3) is 10.3. The summed E-state index contributed by atoms with van der Waals surface area (Å²) in [7, 11) is 5.21. The first kappa shape index (κ1) is 44.6. The maximum absolute atomic E-state index is 14.5. The standard InChI is InChI=1S/C43H65N3O9/c1-12-32-22-35(47)27(4)37(48)29(6)40(55-41-38(49)34(46(9)10)20-26(3)54-41)42(7,23-25(2)36(45-52-11)28(5)39(50)43(32,8)51)53-19-15-16-30-21-31-17-13-14-18-33(31)44-24-30/h13-18,21,24-29,32,34,38-41,49-51H,12,19-20,22-23H2,1-11H3/b16-15+,45-36+/t25-,26-,27+,28-,29+,32-,34+,38-,39-,40-,41+,42+,43-/m1/s1. The second-order valence-electron chi connectivity index (χ2n) is 16.6. The molecule has 2 aromatic rings. The Labute approximate surface area is 327 Å². The Kier molecular flexibility index (Phi) is 15.3. The number of hydrogen-bond acceptors (Lipinski definition) is 12. The number of ketones is 2. The summed E-state index contributed by atoms with van der Waals surface area (Å²) < 4.78 is 19.9. The van der Waals surface area contributed by atoms with E-state index in [0.717, 1.165) is 16.5 Å². The Balaban J connectivity index is 1.83. The lowest BCUT2D eigenvalue weighted by atomic mass is 9.70. The Hall–Kier alpha value is -3.10. The molecule has 2 fully saturated rings. The zero-order valence-corrected chi connectivity index (χ0v) is 34.6. The maximum Gasteiger partial charge on any atom is 0.185 e. The molecule has 306 valence electrons. The van der Waals surface area contributed by atoms with E-state index >= 15 is 0 Å². The van der Waals surface area contributed by atoms with Gasteiger partial charge >= 0.3 is 0 Å². The number of ether oxygens (including phenoxy) is 3. The van der Waals surface area contributed by atoms with E-state index in [-0.39, 0.29) is 43.2 Å². The molecule has 2 aliphatic rings. The number of hydrogen-bond donors (Lipinski definition) is 3. The van der Waals surface area contributed by atoms with Crippen molar-refractivity contribution in [3.8, 4) is 0 Å². The van der Waals surface area contributed by atoms with Gasteiger partial charge in [-0.2, -0.15) is 0 Å². The van der Waals surface area contributed by atoms with Crippen molar-refractivity contribution in [2.24, 2.45) is 34.7 Å². The molecule has 0 unspecified atom stereocenters. The topological polar surface area (TPSA) is 160 Å². The van der Waals surface area contributed by atoms with Gasteiger partial charge in [0.15, 0.2) is 6.29 Å². The first-order valence-electron chi connectivity index (χ1n) is 19.7. The first-order valence-corrected chi connectivity index (χ1v) is 19.7. The van der Waals surface area contributed by atoms with Crippen molar-refractivity contribution >= 4 is 34.3 Å². The second-order valence-corrected chi connectivity index (χ2v) is 16.6. The average molecular weight is 768 g/mol. The van der Waals surface area contributed by atoms with Crippen LogP contribution in [0.4, 0.5) is 0 Å². The summed E-state index contributed by atoms with van der Waals surface area (Å²) in [5.74, 6) is -4.40. The second kappa shape index (κ2) is 18.9. The molecule has 1 saturated carbocycles. The fourth-order valence-corrected chi connectivity index (χ4v) is 8.68. The number of oxime groups is 1. The van der Waals surface area contributed by atoms with E-state index in [1.807, 2.05) is 89.2 Å². The van der Waals surface area contributed by atoms with Crippen LogP contribution in [-0.2, 0) is 28.6 Å². The molecule has 12 nitrogen and oxygen atoms in total. The average Bonchev–Trinajstić information content (AvgIpc) is 3.15. The Morgan fingerprint density at radius 3 is 2.42 bits per heavy atom. The van der Waals surface area contributed by atoms with Crippen molar-refractivity contribution in [2.75, 3.05) is 27.8 Å². The van der Waals surface area contributed by atoms with E-state index in [1.54, 1.807) is 27.0 Å². The van der Waals surface area contributed by atoms with Crippen molar-refractivity contribution in [1.82, 2.24) is 9.88 Å². The largest absolute Gasteiger partial charge is 0.399 e. The number of para-hydroxylation sites is 1. The van der Waals surface area contributed by atoms with Gasteiger partial charge in [0.1, 0.15) is 24.8 Å². The molecule has 0 radical (unpaired) electrons. The van der Waals surface area contributed by atoms with Crippen LogP contribution >= 0.6 is 0 Å².